The van der Waals surface area contributed by atoms with Gasteiger partial charge in [0.1, 0.15) is 6.04 Å². The molecule has 1 fully saturated rings. The third kappa shape index (κ3) is 3.36. The third-order valence-corrected chi connectivity index (χ3v) is 2.71. The largest absolute Gasteiger partial charge is 0.468 e. The first-order valence-electron chi connectivity index (χ1n) is 4.81. The standard InChI is InChI=1S/C9H17IN2O2/c1-7(10)6-12-4-3-11-5-8(12)9(13)14-2/h7-8,11H,3-6H2,1-2H3. The molecule has 1 aliphatic heterocycles. The lowest BCUT2D eigenvalue weighted by Gasteiger charge is -2.34. The Balaban J connectivity index is 2.54. The van der Waals surface area contributed by atoms with Gasteiger partial charge in [0.05, 0.1) is 7.11 Å². The van der Waals surface area contributed by atoms with Crippen molar-refractivity contribution in [2.45, 2.75) is 16.9 Å². The molecule has 1 rings (SSSR count). The maximum absolute atomic E-state index is 11.5. The highest BCUT2D eigenvalue weighted by atomic mass is 127. The molecule has 0 aromatic rings. The lowest BCUT2D eigenvalue weighted by molar-refractivity contribution is -0.147. The number of alkyl halides is 1. The Morgan fingerprint density at radius 2 is 2.50 bits per heavy atom. The van der Waals surface area contributed by atoms with Gasteiger partial charge in [-0.3, -0.25) is 9.69 Å². The van der Waals surface area contributed by atoms with Gasteiger partial charge in [-0.15, -0.1) is 0 Å². The zero-order chi connectivity index (χ0) is 10.6. The summed E-state index contributed by atoms with van der Waals surface area (Å²) in [5.41, 5.74) is 0. The predicted molar refractivity (Wildman–Crippen MR) is 63.7 cm³/mol. The summed E-state index contributed by atoms with van der Waals surface area (Å²) in [5, 5.41) is 3.21. The van der Waals surface area contributed by atoms with Crippen LogP contribution in [0.5, 0.6) is 0 Å². The van der Waals surface area contributed by atoms with E-state index in [1.807, 2.05) is 0 Å². The fourth-order valence-corrected chi connectivity index (χ4v) is 2.16. The molecular weight excluding hydrogens is 295 g/mol. The van der Waals surface area contributed by atoms with E-state index >= 15 is 0 Å². The Hall–Kier alpha value is 0.120. The molecule has 0 aromatic heterocycles. The molecule has 2 unspecified atom stereocenters. The summed E-state index contributed by atoms with van der Waals surface area (Å²) >= 11 is 2.38. The van der Waals surface area contributed by atoms with Gasteiger partial charge >= 0.3 is 5.97 Å². The Morgan fingerprint density at radius 1 is 1.79 bits per heavy atom. The number of carbonyl (C=O) groups excluding carboxylic acids is 1. The predicted octanol–water partition coefficient (Wildman–Crippen LogP) is 0.257. The first-order valence-corrected chi connectivity index (χ1v) is 6.06. The van der Waals surface area contributed by atoms with Gasteiger partial charge in [-0.05, 0) is 0 Å². The first kappa shape index (κ1) is 12.2. The molecule has 0 amide bonds. The summed E-state index contributed by atoms with van der Waals surface area (Å²) in [6.45, 7) is 5.68. The van der Waals surface area contributed by atoms with E-state index in [2.05, 4.69) is 39.7 Å². The molecule has 0 aromatic carbocycles. The van der Waals surface area contributed by atoms with Crippen LogP contribution in [0, 0.1) is 0 Å². The number of carbonyl (C=O) groups is 1. The Kier molecular flexibility index (Phi) is 5.11. The number of halogens is 1. The van der Waals surface area contributed by atoms with E-state index in [1.54, 1.807) is 0 Å². The second kappa shape index (κ2) is 5.87. The van der Waals surface area contributed by atoms with E-state index in [4.69, 9.17) is 4.74 Å². The van der Waals surface area contributed by atoms with Crippen molar-refractivity contribution in [2.75, 3.05) is 33.3 Å². The minimum Gasteiger partial charge on any atom is -0.468 e. The summed E-state index contributed by atoms with van der Waals surface area (Å²) < 4.78 is 5.33. The van der Waals surface area contributed by atoms with Crippen molar-refractivity contribution in [2.24, 2.45) is 0 Å². The highest BCUT2D eigenvalue weighted by Crippen LogP contribution is 2.09. The van der Waals surface area contributed by atoms with Gasteiger partial charge in [0.25, 0.3) is 0 Å². The van der Waals surface area contributed by atoms with Gasteiger partial charge in [-0.1, -0.05) is 29.5 Å². The van der Waals surface area contributed by atoms with Crippen LogP contribution in [0.15, 0.2) is 0 Å². The minimum atomic E-state index is -0.130. The molecule has 1 N–H and O–H groups in total. The maximum Gasteiger partial charge on any atom is 0.324 e. The molecule has 1 saturated heterocycles. The minimum absolute atomic E-state index is 0.106. The monoisotopic (exact) mass is 312 g/mol. The number of hydrogen-bond donors (Lipinski definition) is 1. The Bertz CT molecular complexity index is 199. The van der Waals surface area contributed by atoms with Gasteiger partial charge < -0.3 is 10.1 Å². The Morgan fingerprint density at radius 3 is 3.07 bits per heavy atom. The quantitative estimate of drug-likeness (QED) is 0.461. The highest BCUT2D eigenvalue weighted by molar-refractivity contribution is 14.1. The molecule has 2 atom stereocenters. The van der Waals surface area contributed by atoms with Crippen LogP contribution in [0.25, 0.3) is 0 Å². The molecule has 0 radical (unpaired) electrons. The van der Waals surface area contributed by atoms with Crippen LogP contribution in [-0.2, 0) is 9.53 Å². The lowest BCUT2D eigenvalue weighted by Crippen LogP contribution is -2.56. The van der Waals surface area contributed by atoms with Crippen molar-refractivity contribution in [3.63, 3.8) is 0 Å². The number of rotatable bonds is 3. The van der Waals surface area contributed by atoms with E-state index in [9.17, 15) is 4.79 Å². The summed E-state index contributed by atoms with van der Waals surface area (Å²) in [5.74, 6) is -0.130. The second-order valence-electron chi connectivity index (χ2n) is 3.52. The molecule has 0 aliphatic carbocycles. The normalized spacial score (nSPS) is 25.8. The third-order valence-electron chi connectivity index (χ3n) is 2.31. The molecule has 1 aliphatic rings. The van der Waals surface area contributed by atoms with Crippen LogP contribution in [0.1, 0.15) is 6.92 Å². The molecule has 1 heterocycles. The zero-order valence-corrected chi connectivity index (χ0v) is 10.8. The molecule has 82 valence electrons. The van der Waals surface area contributed by atoms with Crippen LogP contribution in [0.2, 0.25) is 0 Å². The molecule has 4 nitrogen and oxygen atoms in total. The molecule has 5 heteroatoms. The number of hydrogen-bond acceptors (Lipinski definition) is 4. The van der Waals surface area contributed by atoms with Crippen LogP contribution in [-0.4, -0.2) is 54.1 Å². The number of esters is 1. The van der Waals surface area contributed by atoms with E-state index in [-0.39, 0.29) is 12.0 Å². The number of methoxy groups -OCH3 is 1. The number of piperazine rings is 1. The molecule has 0 saturated carbocycles. The zero-order valence-electron chi connectivity index (χ0n) is 8.62. The molecule has 0 spiro atoms. The van der Waals surface area contributed by atoms with Crippen LogP contribution >= 0.6 is 22.6 Å². The van der Waals surface area contributed by atoms with Crippen molar-refractivity contribution in [1.82, 2.24) is 10.2 Å². The van der Waals surface area contributed by atoms with Crippen molar-refractivity contribution in [3.8, 4) is 0 Å². The van der Waals surface area contributed by atoms with Crippen molar-refractivity contribution in [3.05, 3.63) is 0 Å². The van der Waals surface area contributed by atoms with E-state index in [0.29, 0.717) is 10.5 Å². The summed E-state index contributed by atoms with van der Waals surface area (Å²) in [7, 11) is 1.45. The van der Waals surface area contributed by atoms with Gasteiger partial charge in [0.15, 0.2) is 0 Å². The number of nitrogens with one attached hydrogen (secondary N) is 1. The highest BCUT2D eigenvalue weighted by Gasteiger charge is 2.29. The van der Waals surface area contributed by atoms with Crippen molar-refractivity contribution < 1.29 is 9.53 Å². The van der Waals surface area contributed by atoms with Gasteiger partial charge in [0.2, 0.25) is 0 Å². The Labute approximate surface area is 98.5 Å². The van der Waals surface area contributed by atoms with E-state index < -0.39 is 0 Å². The average Bonchev–Trinajstić information content (AvgIpc) is 2.16. The van der Waals surface area contributed by atoms with Gasteiger partial charge in [-0.2, -0.15) is 0 Å². The number of ether oxygens (including phenoxy) is 1. The maximum atomic E-state index is 11.5. The van der Waals surface area contributed by atoms with Crippen molar-refractivity contribution in [1.29, 1.82) is 0 Å². The van der Waals surface area contributed by atoms with Crippen LogP contribution in [0.3, 0.4) is 0 Å². The smallest absolute Gasteiger partial charge is 0.324 e. The van der Waals surface area contributed by atoms with E-state index in [0.717, 1.165) is 19.6 Å². The van der Waals surface area contributed by atoms with Gasteiger partial charge in [-0.25, -0.2) is 0 Å². The molecule has 14 heavy (non-hydrogen) atoms. The molecule has 0 bridgehead atoms. The first-order chi connectivity index (χ1) is 6.65. The SMILES string of the molecule is COC(=O)C1CNCCN1CC(C)I. The summed E-state index contributed by atoms with van der Waals surface area (Å²) in [6, 6.07) is -0.106. The average molecular weight is 312 g/mol. The summed E-state index contributed by atoms with van der Waals surface area (Å²) in [6.07, 6.45) is 0. The van der Waals surface area contributed by atoms with E-state index in [1.165, 1.54) is 7.11 Å². The molecular formula is C9H17IN2O2. The fraction of sp³-hybridized carbons (Fsp3) is 0.889. The van der Waals surface area contributed by atoms with Gasteiger partial charge in [0, 0.05) is 30.1 Å². The lowest BCUT2D eigenvalue weighted by atomic mass is 10.2. The fourth-order valence-electron chi connectivity index (χ4n) is 1.66. The number of nitrogens with zero attached hydrogens (tertiary/aromatic N) is 1. The topological polar surface area (TPSA) is 41.6 Å². The van der Waals surface area contributed by atoms with Crippen LogP contribution in [0.4, 0.5) is 0 Å². The van der Waals surface area contributed by atoms with Crippen LogP contribution < -0.4 is 5.32 Å². The second-order valence-corrected chi connectivity index (χ2v) is 5.65. The van der Waals surface area contributed by atoms with Crippen molar-refractivity contribution >= 4 is 28.6 Å². The summed E-state index contributed by atoms with van der Waals surface area (Å²) in [4.78, 5) is 13.6.